The van der Waals surface area contributed by atoms with E-state index < -0.39 is 54.5 Å². The molecule has 0 aliphatic carbocycles. The lowest BCUT2D eigenvalue weighted by Gasteiger charge is -2.38. The Labute approximate surface area is 201 Å². The Balaban J connectivity index is 1.90. The van der Waals surface area contributed by atoms with Gasteiger partial charge in [-0.25, -0.2) is 9.59 Å². The smallest absolute Gasteiger partial charge is 0.342 e. The number of aliphatic hydroxyl groups is 3. The summed E-state index contributed by atoms with van der Waals surface area (Å²) in [7, 11) is 0. The monoisotopic (exact) mass is 494 g/mol. The van der Waals surface area contributed by atoms with Crippen LogP contribution in [-0.2, 0) is 19.1 Å². The maximum atomic E-state index is 12.8. The zero-order chi connectivity index (χ0) is 25.7. The van der Waals surface area contributed by atoms with Crippen LogP contribution >= 0.6 is 0 Å². The van der Waals surface area contributed by atoms with Crippen molar-refractivity contribution in [2.24, 2.45) is 0 Å². The highest BCUT2D eigenvalue weighted by Gasteiger charge is 2.48. The highest BCUT2D eigenvalue weighted by atomic mass is 16.7. The van der Waals surface area contributed by atoms with Gasteiger partial charge in [-0.1, -0.05) is 12.2 Å². The number of aromatic hydroxyl groups is 1. The van der Waals surface area contributed by atoms with Crippen LogP contribution in [0.25, 0.3) is 6.08 Å². The third-order valence-corrected chi connectivity index (χ3v) is 5.89. The van der Waals surface area contributed by atoms with E-state index in [1.165, 1.54) is 6.07 Å². The maximum Gasteiger partial charge on any atom is 0.342 e. The number of benzene rings is 1. The number of hydrogen-bond donors (Lipinski definition) is 5. The number of esters is 1. The molecule has 0 aromatic heterocycles. The zero-order valence-electron chi connectivity index (χ0n) is 19.2. The number of carboxylic acid groups (broad SMARTS) is 1. The van der Waals surface area contributed by atoms with Crippen molar-refractivity contribution in [3.63, 3.8) is 0 Å². The number of carbonyl (C=O) groups is 3. The highest BCUT2D eigenvalue weighted by molar-refractivity contribution is 5.97. The fourth-order valence-corrected chi connectivity index (χ4v) is 3.97. The summed E-state index contributed by atoms with van der Waals surface area (Å²) in [6.07, 6.45) is -3.23. The number of phenols is 1. The quantitative estimate of drug-likeness (QED) is 0.380. The average Bonchev–Trinajstić information content (AvgIpc) is 2.78. The van der Waals surface area contributed by atoms with E-state index in [1.54, 1.807) is 19.1 Å². The summed E-state index contributed by atoms with van der Waals surface area (Å²) < 4.78 is 16.0. The van der Waals surface area contributed by atoms with Crippen LogP contribution in [0.5, 0.6) is 11.5 Å². The Bertz CT molecular complexity index is 972. The Morgan fingerprint density at radius 2 is 1.77 bits per heavy atom. The molecule has 35 heavy (non-hydrogen) atoms. The first-order chi connectivity index (χ1) is 16.6. The third-order valence-electron chi connectivity index (χ3n) is 5.89. The van der Waals surface area contributed by atoms with Crippen molar-refractivity contribution < 1.29 is 54.1 Å². The fraction of sp³-hybridized carbons (Fsp3) is 0.542. The third kappa shape index (κ3) is 6.57. The van der Waals surface area contributed by atoms with Crippen molar-refractivity contribution >= 4 is 23.8 Å². The van der Waals surface area contributed by atoms with Crippen molar-refractivity contribution in [3.8, 4) is 11.5 Å². The minimum atomic E-state index is -1.88. The van der Waals surface area contributed by atoms with Crippen molar-refractivity contribution in [2.75, 3.05) is 0 Å². The molecule has 6 unspecified atom stereocenters. The molecule has 1 fully saturated rings. The van der Waals surface area contributed by atoms with E-state index >= 15 is 0 Å². The minimum Gasteiger partial charge on any atom is -0.507 e. The molecule has 6 atom stereocenters. The molecule has 192 valence electrons. The topological polar surface area (TPSA) is 180 Å². The first-order valence-electron chi connectivity index (χ1n) is 11.4. The van der Waals surface area contributed by atoms with Gasteiger partial charge < -0.3 is 39.7 Å². The molecule has 0 radical (unpaired) electrons. The predicted molar refractivity (Wildman–Crippen MR) is 120 cm³/mol. The van der Waals surface area contributed by atoms with Gasteiger partial charge in [-0.3, -0.25) is 4.79 Å². The molecule has 11 nitrogen and oxygen atoms in total. The van der Waals surface area contributed by atoms with Gasteiger partial charge in [-0.2, -0.15) is 0 Å². The lowest BCUT2D eigenvalue weighted by molar-refractivity contribution is -0.271. The van der Waals surface area contributed by atoms with E-state index in [1.807, 2.05) is 0 Å². The second-order valence-corrected chi connectivity index (χ2v) is 8.70. The molecule has 3 rings (SSSR count). The molecule has 1 aromatic rings. The standard InChI is InChI=1S/C24H30O11/c1-12-6-5-9-14(25)8-4-2-3-7-13-10-15(11-16(26)17(13)23(32)33-12)34-24-20(29)18(27)19(28)21(35-24)22(30)31/h3,7,10-12,18-21,24,26-29H,2,4-6,8-9H2,1H3,(H,30,31). The van der Waals surface area contributed by atoms with Crippen LogP contribution in [0.1, 0.15) is 61.4 Å². The molecule has 0 amide bonds. The molecule has 2 aliphatic heterocycles. The van der Waals surface area contributed by atoms with E-state index in [-0.39, 0.29) is 22.7 Å². The molecule has 1 aromatic carbocycles. The van der Waals surface area contributed by atoms with E-state index in [9.17, 15) is 39.9 Å². The number of carboxylic acids is 1. The van der Waals surface area contributed by atoms with Gasteiger partial charge in [0.05, 0.1) is 6.10 Å². The summed E-state index contributed by atoms with van der Waals surface area (Å²) >= 11 is 0. The zero-order valence-corrected chi connectivity index (χ0v) is 19.2. The van der Waals surface area contributed by atoms with Gasteiger partial charge in [-0.15, -0.1) is 0 Å². The summed E-state index contributed by atoms with van der Waals surface area (Å²) in [6.45, 7) is 1.69. The van der Waals surface area contributed by atoms with Crippen LogP contribution in [0.2, 0.25) is 0 Å². The SMILES string of the molecule is CC1CCCC(=O)CCCC=Cc2cc(OC3OC(C(=O)O)C(O)C(O)C3O)cc(O)c2C(=O)O1. The molecule has 11 heteroatoms. The van der Waals surface area contributed by atoms with Crippen LogP contribution in [0, 0.1) is 0 Å². The number of cyclic esters (lactones) is 1. The summed E-state index contributed by atoms with van der Waals surface area (Å²) in [4.78, 5) is 36.1. The van der Waals surface area contributed by atoms with Crippen LogP contribution < -0.4 is 4.74 Å². The molecular formula is C24H30O11. The number of hydrogen-bond acceptors (Lipinski definition) is 10. The van der Waals surface area contributed by atoms with Crippen LogP contribution in [0.15, 0.2) is 18.2 Å². The summed E-state index contributed by atoms with van der Waals surface area (Å²) in [5.41, 5.74) is 0.110. The molecule has 2 heterocycles. The molecule has 0 bridgehead atoms. The average molecular weight is 494 g/mol. The maximum absolute atomic E-state index is 12.8. The lowest BCUT2D eigenvalue weighted by Crippen LogP contribution is -2.61. The highest BCUT2D eigenvalue weighted by Crippen LogP contribution is 2.33. The summed E-state index contributed by atoms with van der Waals surface area (Å²) in [5, 5.41) is 49.8. The van der Waals surface area contributed by atoms with Gasteiger partial charge in [0.1, 0.15) is 41.2 Å². The molecular weight excluding hydrogens is 464 g/mol. The van der Waals surface area contributed by atoms with E-state index in [0.717, 1.165) is 6.07 Å². The van der Waals surface area contributed by atoms with Gasteiger partial charge in [0.15, 0.2) is 6.10 Å². The number of ketones is 1. The van der Waals surface area contributed by atoms with Gasteiger partial charge in [0.2, 0.25) is 6.29 Å². The van der Waals surface area contributed by atoms with Crippen molar-refractivity contribution in [2.45, 2.75) is 82.3 Å². The second kappa shape index (κ2) is 11.6. The first kappa shape index (κ1) is 26.6. The Kier molecular flexibility index (Phi) is 8.84. The van der Waals surface area contributed by atoms with Gasteiger partial charge in [0, 0.05) is 18.9 Å². The van der Waals surface area contributed by atoms with E-state index in [4.69, 9.17) is 14.2 Å². The predicted octanol–water partition coefficient (Wildman–Crippen LogP) is 1.14. The van der Waals surface area contributed by atoms with Crippen molar-refractivity contribution in [3.05, 3.63) is 29.3 Å². The van der Waals surface area contributed by atoms with Gasteiger partial charge >= 0.3 is 11.9 Å². The fourth-order valence-electron chi connectivity index (χ4n) is 3.97. The second-order valence-electron chi connectivity index (χ2n) is 8.70. The number of phenolic OH excluding ortho intramolecular Hbond substituents is 1. The Hall–Kier alpha value is -2.99. The number of Topliss-reactive ketones (excluding diaryl/α,β-unsaturated/α-hetero) is 1. The number of fused-ring (bicyclic) bond motifs is 1. The van der Waals surface area contributed by atoms with Crippen LogP contribution in [-0.4, -0.2) is 80.1 Å². The number of carbonyl (C=O) groups excluding carboxylic acids is 2. The number of aliphatic hydroxyl groups excluding tert-OH is 3. The number of ether oxygens (including phenoxy) is 3. The summed E-state index contributed by atoms with van der Waals surface area (Å²) in [6, 6.07) is 2.43. The summed E-state index contributed by atoms with van der Waals surface area (Å²) in [5.74, 6) is -2.78. The van der Waals surface area contributed by atoms with Crippen molar-refractivity contribution in [1.29, 1.82) is 0 Å². The van der Waals surface area contributed by atoms with Gasteiger partial charge in [0.25, 0.3) is 0 Å². The molecule has 1 saturated heterocycles. The largest absolute Gasteiger partial charge is 0.507 e. The molecule has 2 aliphatic rings. The molecule has 5 N–H and O–H groups in total. The lowest BCUT2D eigenvalue weighted by atomic mass is 9.99. The van der Waals surface area contributed by atoms with Gasteiger partial charge in [-0.05, 0) is 44.2 Å². The van der Waals surface area contributed by atoms with Crippen molar-refractivity contribution in [1.82, 2.24) is 0 Å². The van der Waals surface area contributed by atoms with Crippen LogP contribution in [0.4, 0.5) is 0 Å². The number of rotatable bonds is 3. The van der Waals surface area contributed by atoms with Crippen LogP contribution in [0.3, 0.4) is 0 Å². The molecule has 0 saturated carbocycles. The Morgan fingerprint density at radius 3 is 2.49 bits per heavy atom. The number of aliphatic carboxylic acids is 1. The first-order valence-corrected chi connectivity index (χ1v) is 11.4. The van der Waals surface area contributed by atoms with E-state index in [0.29, 0.717) is 38.5 Å². The molecule has 0 spiro atoms. The number of allylic oxidation sites excluding steroid dienone is 1. The normalized spacial score (nSPS) is 30.6. The Morgan fingerprint density at radius 1 is 1.06 bits per heavy atom. The van der Waals surface area contributed by atoms with E-state index in [2.05, 4.69) is 0 Å². The minimum absolute atomic E-state index is 0.0974.